The second-order valence-electron chi connectivity index (χ2n) is 12.7. The van der Waals surface area contributed by atoms with Crippen molar-refractivity contribution < 1.29 is 9.53 Å². The Morgan fingerprint density at radius 3 is 2.49 bits per heavy atom. The van der Waals surface area contributed by atoms with Crippen LogP contribution in [0.25, 0.3) is 22.3 Å². The van der Waals surface area contributed by atoms with Crippen LogP contribution < -0.4 is 4.90 Å². The van der Waals surface area contributed by atoms with Crippen LogP contribution in [0.5, 0.6) is 0 Å². The van der Waals surface area contributed by atoms with Crippen molar-refractivity contribution >= 4 is 34.7 Å². The summed E-state index contributed by atoms with van der Waals surface area (Å²) in [5.74, 6) is 2.07. The molecule has 2 aliphatic rings. The number of hydrogen-bond acceptors (Lipinski definition) is 7. The van der Waals surface area contributed by atoms with Gasteiger partial charge >= 0.3 is 6.09 Å². The SMILES string of the molecule is CC1CCC(C(C)n2c(N3CCN(C(=O)OC(C)(C)C)C[C@H]3C)nc3cc(C#N)nc(-c4cncc(Cl)c4)c32)CC1. The summed E-state index contributed by atoms with van der Waals surface area (Å²) in [4.78, 5) is 31.2. The Morgan fingerprint density at radius 2 is 1.85 bits per heavy atom. The van der Waals surface area contributed by atoms with E-state index in [0.717, 1.165) is 41.3 Å². The Balaban J connectivity index is 1.62. The molecule has 9 nitrogen and oxygen atoms in total. The molecule has 1 saturated carbocycles. The molecule has 0 radical (unpaired) electrons. The number of rotatable bonds is 4. The number of piperazine rings is 1. The standard InChI is InChI=1S/C31H40ClN7O2/c1-19-7-9-22(10-8-19)21(3)39-28-26(14-25(15-33)35-27(28)23-13-24(32)17-34-16-23)36-29(39)38-12-11-37(18-20(38)2)30(40)41-31(4,5)6/h13-14,16-17,19-22H,7-12,18H2,1-6H3/t19?,20-,21?,22?/m1/s1. The number of anilines is 1. The van der Waals surface area contributed by atoms with Crippen molar-refractivity contribution in [2.45, 2.75) is 84.9 Å². The van der Waals surface area contributed by atoms with Crippen LogP contribution in [0, 0.1) is 23.2 Å². The third-order valence-electron chi connectivity index (χ3n) is 8.43. The summed E-state index contributed by atoms with van der Waals surface area (Å²) < 4.78 is 7.99. The van der Waals surface area contributed by atoms with Crippen LogP contribution in [0.4, 0.5) is 10.7 Å². The molecular formula is C31H40ClN7O2. The smallest absolute Gasteiger partial charge is 0.410 e. The molecule has 0 spiro atoms. The number of amides is 1. The van der Waals surface area contributed by atoms with Gasteiger partial charge in [0, 0.05) is 55.7 Å². The first-order chi connectivity index (χ1) is 19.4. The maximum Gasteiger partial charge on any atom is 0.410 e. The minimum absolute atomic E-state index is 0.00471. The highest BCUT2D eigenvalue weighted by Crippen LogP contribution is 2.42. The number of carbonyl (C=O) groups is 1. The molecule has 1 aliphatic heterocycles. The molecule has 1 unspecified atom stereocenters. The van der Waals surface area contributed by atoms with Crippen LogP contribution in [0.2, 0.25) is 5.02 Å². The number of fused-ring (bicyclic) bond motifs is 1. The lowest BCUT2D eigenvalue weighted by molar-refractivity contribution is 0.0217. The first-order valence-electron chi connectivity index (χ1n) is 14.6. The Bertz CT molecular complexity index is 1470. The highest BCUT2D eigenvalue weighted by atomic mass is 35.5. The van der Waals surface area contributed by atoms with Gasteiger partial charge in [0.2, 0.25) is 5.95 Å². The molecule has 10 heteroatoms. The quantitative estimate of drug-likeness (QED) is 0.334. The molecule has 5 rings (SSSR count). The van der Waals surface area contributed by atoms with Crippen LogP contribution in [-0.4, -0.2) is 61.8 Å². The second kappa shape index (κ2) is 11.5. The molecule has 2 fully saturated rings. The van der Waals surface area contributed by atoms with Crippen LogP contribution in [0.1, 0.15) is 79.0 Å². The molecule has 3 aromatic heterocycles. The molecule has 4 heterocycles. The van der Waals surface area contributed by atoms with Gasteiger partial charge in [-0.3, -0.25) is 4.98 Å². The maximum absolute atomic E-state index is 12.9. The molecule has 1 amide bonds. The molecule has 2 atom stereocenters. The van der Waals surface area contributed by atoms with Crippen molar-refractivity contribution in [3.8, 4) is 17.3 Å². The molecule has 0 N–H and O–H groups in total. The second-order valence-corrected chi connectivity index (χ2v) is 13.2. The van der Waals surface area contributed by atoms with Crippen molar-refractivity contribution in [1.29, 1.82) is 5.26 Å². The van der Waals surface area contributed by atoms with E-state index < -0.39 is 5.60 Å². The number of ether oxygens (including phenoxy) is 1. The zero-order chi connectivity index (χ0) is 29.5. The Morgan fingerprint density at radius 1 is 1.12 bits per heavy atom. The number of nitriles is 1. The van der Waals surface area contributed by atoms with Crippen LogP contribution in [0.15, 0.2) is 24.5 Å². The summed E-state index contributed by atoms with van der Waals surface area (Å²) in [6.07, 6.45) is 7.77. The third kappa shape index (κ3) is 6.13. The van der Waals surface area contributed by atoms with Crippen LogP contribution >= 0.6 is 11.6 Å². The Labute approximate surface area is 247 Å². The molecular weight excluding hydrogens is 538 g/mol. The summed E-state index contributed by atoms with van der Waals surface area (Å²) in [5.41, 5.74) is 2.76. The highest BCUT2D eigenvalue weighted by molar-refractivity contribution is 6.30. The first kappa shape index (κ1) is 29.1. The summed E-state index contributed by atoms with van der Waals surface area (Å²) in [6, 6.07) is 5.98. The molecule has 41 heavy (non-hydrogen) atoms. The number of halogens is 1. The van der Waals surface area contributed by atoms with Gasteiger partial charge in [-0.15, -0.1) is 0 Å². The first-order valence-corrected chi connectivity index (χ1v) is 15.0. The average Bonchev–Trinajstić information content (AvgIpc) is 3.30. The topological polar surface area (TPSA) is 100 Å². The predicted octanol–water partition coefficient (Wildman–Crippen LogP) is 6.85. The van der Waals surface area contributed by atoms with E-state index in [9.17, 15) is 10.1 Å². The molecule has 0 aromatic carbocycles. The van der Waals surface area contributed by atoms with E-state index in [0.29, 0.717) is 42.0 Å². The fourth-order valence-electron chi connectivity index (χ4n) is 6.22. The summed E-state index contributed by atoms with van der Waals surface area (Å²) in [5, 5.41) is 10.3. The fraction of sp³-hybridized carbons (Fsp3) is 0.581. The largest absolute Gasteiger partial charge is 0.444 e. The molecule has 1 aliphatic carbocycles. The van der Waals surface area contributed by atoms with Gasteiger partial charge in [-0.2, -0.15) is 5.26 Å². The number of carbonyl (C=O) groups excluding carboxylic acids is 1. The zero-order valence-electron chi connectivity index (χ0n) is 24.9. The van der Waals surface area contributed by atoms with E-state index in [1.54, 1.807) is 23.4 Å². The van der Waals surface area contributed by atoms with E-state index in [4.69, 9.17) is 26.3 Å². The lowest BCUT2D eigenvalue weighted by Crippen LogP contribution is -2.55. The lowest BCUT2D eigenvalue weighted by atomic mass is 9.79. The number of imidazole rings is 1. The van der Waals surface area contributed by atoms with Gasteiger partial charge in [0.25, 0.3) is 0 Å². The van der Waals surface area contributed by atoms with Gasteiger partial charge in [-0.1, -0.05) is 31.4 Å². The Hall–Kier alpha value is -3.38. The van der Waals surface area contributed by atoms with Crippen molar-refractivity contribution in [1.82, 2.24) is 24.4 Å². The van der Waals surface area contributed by atoms with Gasteiger partial charge in [0.15, 0.2) is 0 Å². The fourth-order valence-corrected chi connectivity index (χ4v) is 6.40. The van der Waals surface area contributed by atoms with Crippen LogP contribution in [0.3, 0.4) is 0 Å². The summed E-state index contributed by atoms with van der Waals surface area (Å²) in [7, 11) is 0. The van der Waals surface area contributed by atoms with Crippen molar-refractivity contribution in [3.63, 3.8) is 0 Å². The number of pyridine rings is 2. The third-order valence-corrected chi connectivity index (χ3v) is 8.64. The minimum atomic E-state index is -0.546. The molecule has 1 saturated heterocycles. The Kier molecular flexibility index (Phi) is 8.15. The summed E-state index contributed by atoms with van der Waals surface area (Å²) in [6.45, 7) is 14.1. The van der Waals surface area contributed by atoms with Crippen molar-refractivity contribution in [2.75, 3.05) is 24.5 Å². The van der Waals surface area contributed by atoms with Gasteiger partial charge in [0.1, 0.15) is 17.4 Å². The van der Waals surface area contributed by atoms with E-state index in [2.05, 4.69) is 41.3 Å². The zero-order valence-corrected chi connectivity index (χ0v) is 25.6. The summed E-state index contributed by atoms with van der Waals surface area (Å²) >= 11 is 6.35. The number of hydrogen-bond donors (Lipinski definition) is 0. The highest BCUT2D eigenvalue weighted by Gasteiger charge is 2.35. The predicted molar refractivity (Wildman–Crippen MR) is 161 cm³/mol. The van der Waals surface area contributed by atoms with Gasteiger partial charge in [-0.25, -0.2) is 14.8 Å². The van der Waals surface area contributed by atoms with E-state index >= 15 is 0 Å². The van der Waals surface area contributed by atoms with Gasteiger partial charge in [0.05, 0.1) is 21.7 Å². The van der Waals surface area contributed by atoms with Gasteiger partial charge in [-0.05, 0) is 65.4 Å². The monoisotopic (exact) mass is 577 g/mol. The lowest BCUT2D eigenvalue weighted by Gasteiger charge is -2.42. The minimum Gasteiger partial charge on any atom is -0.444 e. The average molecular weight is 578 g/mol. The number of aromatic nitrogens is 4. The molecule has 0 bridgehead atoms. The molecule has 218 valence electrons. The van der Waals surface area contributed by atoms with Crippen molar-refractivity contribution in [3.05, 3.63) is 35.2 Å². The van der Waals surface area contributed by atoms with E-state index in [-0.39, 0.29) is 18.2 Å². The van der Waals surface area contributed by atoms with E-state index in [1.807, 2.05) is 26.8 Å². The van der Waals surface area contributed by atoms with E-state index in [1.165, 1.54) is 12.8 Å². The maximum atomic E-state index is 12.9. The molecule has 3 aromatic rings. The normalized spacial score (nSPS) is 22.4. The number of nitrogens with zero attached hydrogens (tertiary/aromatic N) is 7. The van der Waals surface area contributed by atoms with Crippen molar-refractivity contribution in [2.24, 2.45) is 11.8 Å². The van der Waals surface area contributed by atoms with Gasteiger partial charge < -0.3 is 19.1 Å². The van der Waals surface area contributed by atoms with Crippen LogP contribution in [-0.2, 0) is 4.74 Å².